The van der Waals surface area contributed by atoms with E-state index in [9.17, 15) is 35.2 Å². The van der Waals surface area contributed by atoms with Crippen LogP contribution in [0.1, 0.15) is 24.5 Å². The number of fused-ring (bicyclic) bond motifs is 1. The van der Waals surface area contributed by atoms with Crippen LogP contribution < -0.4 is 15.0 Å². The lowest BCUT2D eigenvalue weighted by Crippen LogP contribution is -2.60. The van der Waals surface area contributed by atoms with Crippen LogP contribution >= 0.6 is 11.3 Å². The third kappa shape index (κ3) is 6.94. The molecule has 0 spiro atoms. The Morgan fingerprint density at radius 1 is 1.05 bits per heavy atom. The van der Waals surface area contributed by atoms with E-state index in [2.05, 4.69) is 15.0 Å². The first-order valence-electron chi connectivity index (χ1n) is 13.5. The second kappa shape index (κ2) is 12.3. The standard InChI is InChI=1S/C29H27F5N4O4S2/c1-2-28(30,31)21-7-5-19(6-8-21)17-36-26(39)24-18-37(25-16-20-4-3-13-35-27(20)43-25)14-15-38(24)44(40,41)23-11-9-22(10-12-23)42-29(32,33)34/h3-13,16,24H,2,14-15,17-18H2,1H3,(H,36,39)/t24-/m1/s1. The first kappa shape index (κ1) is 31.6. The molecule has 1 saturated heterocycles. The predicted molar refractivity (Wildman–Crippen MR) is 155 cm³/mol. The zero-order chi connectivity index (χ0) is 31.7. The van der Waals surface area contributed by atoms with Gasteiger partial charge in [0.15, 0.2) is 0 Å². The van der Waals surface area contributed by atoms with E-state index < -0.39 is 40.0 Å². The lowest BCUT2D eigenvalue weighted by Gasteiger charge is -2.40. The topological polar surface area (TPSA) is 91.8 Å². The molecular formula is C29H27F5N4O4S2. The fraction of sp³-hybridized carbons (Fsp3) is 0.310. The summed E-state index contributed by atoms with van der Waals surface area (Å²) < 4.78 is 98.1. The first-order valence-corrected chi connectivity index (χ1v) is 15.7. The molecule has 2 aromatic heterocycles. The van der Waals surface area contributed by atoms with Crippen LogP contribution in [0.4, 0.5) is 27.0 Å². The van der Waals surface area contributed by atoms with Gasteiger partial charge in [-0.1, -0.05) is 48.6 Å². The highest BCUT2D eigenvalue weighted by Gasteiger charge is 2.41. The third-order valence-corrected chi connectivity index (χ3v) is 10.2. The molecule has 0 saturated carbocycles. The molecule has 0 unspecified atom stereocenters. The summed E-state index contributed by atoms with van der Waals surface area (Å²) in [5.74, 6) is -4.20. The first-order chi connectivity index (χ1) is 20.8. The number of carbonyl (C=O) groups is 1. The van der Waals surface area contributed by atoms with E-state index in [0.29, 0.717) is 5.56 Å². The number of hydrogen-bond donors (Lipinski definition) is 1. The number of carbonyl (C=O) groups excluding carboxylic acids is 1. The van der Waals surface area contributed by atoms with Crippen LogP contribution in [0.15, 0.2) is 77.8 Å². The van der Waals surface area contributed by atoms with E-state index in [1.807, 2.05) is 17.0 Å². The molecule has 5 rings (SSSR count). The number of nitrogens with one attached hydrogen (secondary N) is 1. The van der Waals surface area contributed by atoms with Crippen molar-refractivity contribution in [1.29, 1.82) is 0 Å². The number of sulfonamides is 1. The van der Waals surface area contributed by atoms with Gasteiger partial charge in [-0.05, 0) is 42.0 Å². The van der Waals surface area contributed by atoms with Crippen molar-refractivity contribution in [2.24, 2.45) is 0 Å². The summed E-state index contributed by atoms with van der Waals surface area (Å²) in [6, 6.07) is 13.6. The number of hydrogen-bond acceptors (Lipinski definition) is 7. The quantitative estimate of drug-likeness (QED) is 0.227. The third-order valence-electron chi connectivity index (χ3n) is 7.18. The van der Waals surface area contributed by atoms with E-state index in [-0.39, 0.29) is 43.1 Å². The normalized spacial score (nSPS) is 16.7. The summed E-state index contributed by atoms with van der Waals surface area (Å²) in [7, 11) is -4.34. The molecule has 3 heterocycles. The molecule has 8 nitrogen and oxygen atoms in total. The van der Waals surface area contributed by atoms with Gasteiger partial charge in [-0.15, -0.1) is 13.2 Å². The van der Waals surface area contributed by atoms with Gasteiger partial charge in [-0.3, -0.25) is 4.79 Å². The maximum atomic E-state index is 14.0. The van der Waals surface area contributed by atoms with Crippen LogP contribution in [0.25, 0.3) is 10.2 Å². The van der Waals surface area contributed by atoms with Crippen LogP contribution in [0.2, 0.25) is 0 Å². The number of nitrogens with zero attached hydrogens (tertiary/aromatic N) is 3. The monoisotopic (exact) mass is 654 g/mol. The second-order valence-corrected chi connectivity index (χ2v) is 13.0. The Kier molecular flexibility index (Phi) is 8.82. The molecule has 4 aromatic rings. The second-order valence-electron chi connectivity index (χ2n) is 10.1. The number of halogens is 5. The molecule has 1 N–H and O–H groups in total. The van der Waals surface area contributed by atoms with Crippen molar-refractivity contribution >= 4 is 42.5 Å². The van der Waals surface area contributed by atoms with Crippen LogP contribution in [-0.4, -0.2) is 55.7 Å². The average molecular weight is 655 g/mol. The summed E-state index contributed by atoms with van der Waals surface area (Å²) in [4.78, 5) is 20.3. The molecular weight excluding hydrogens is 627 g/mol. The van der Waals surface area contributed by atoms with Gasteiger partial charge in [0.2, 0.25) is 15.9 Å². The van der Waals surface area contributed by atoms with Crippen molar-refractivity contribution in [2.45, 2.75) is 43.1 Å². The molecule has 0 radical (unpaired) electrons. The zero-order valence-electron chi connectivity index (χ0n) is 23.2. The minimum Gasteiger partial charge on any atom is -0.406 e. The Morgan fingerprint density at radius 2 is 1.75 bits per heavy atom. The van der Waals surface area contributed by atoms with E-state index in [0.717, 1.165) is 43.8 Å². The van der Waals surface area contributed by atoms with Gasteiger partial charge < -0.3 is 15.0 Å². The molecule has 44 heavy (non-hydrogen) atoms. The van der Waals surface area contributed by atoms with Gasteiger partial charge in [0.05, 0.1) is 9.90 Å². The highest BCUT2D eigenvalue weighted by molar-refractivity contribution is 7.89. The number of rotatable bonds is 9. The number of thiophene rings is 1. The fourth-order valence-corrected chi connectivity index (χ4v) is 7.42. The number of aromatic nitrogens is 1. The van der Waals surface area contributed by atoms with Crippen molar-refractivity contribution in [3.8, 4) is 5.75 Å². The Hall–Kier alpha value is -3.82. The Balaban J connectivity index is 1.39. The molecule has 15 heteroatoms. The Morgan fingerprint density at radius 3 is 2.39 bits per heavy atom. The van der Waals surface area contributed by atoms with Crippen molar-refractivity contribution in [1.82, 2.24) is 14.6 Å². The van der Waals surface area contributed by atoms with Gasteiger partial charge >= 0.3 is 6.36 Å². The zero-order valence-corrected chi connectivity index (χ0v) is 24.9. The minimum atomic E-state index is -4.95. The summed E-state index contributed by atoms with van der Waals surface area (Å²) >= 11 is 1.39. The van der Waals surface area contributed by atoms with Crippen LogP contribution in [0.5, 0.6) is 5.75 Å². The molecule has 1 aliphatic rings. The van der Waals surface area contributed by atoms with Gasteiger partial charge in [0, 0.05) is 49.7 Å². The molecule has 1 fully saturated rings. The molecule has 1 atom stereocenters. The van der Waals surface area contributed by atoms with Crippen LogP contribution in [0, 0.1) is 0 Å². The highest BCUT2D eigenvalue weighted by atomic mass is 32.2. The number of benzene rings is 2. The van der Waals surface area contributed by atoms with Crippen LogP contribution in [0.3, 0.4) is 0 Å². The summed E-state index contributed by atoms with van der Waals surface area (Å²) in [6.45, 7) is 1.45. The number of amides is 1. The predicted octanol–water partition coefficient (Wildman–Crippen LogP) is 5.89. The lowest BCUT2D eigenvalue weighted by molar-refractivity contribution is -0.274. The largest absolute Gasteiger partial charge is 0.573 e. The number of ether oxygens (including phenoxy) is 1. The van der Waals surface area contributed by atoms with Crippen molar-refractivity contribution in [3.05, 3.63) is 84.1 Å². The summed E-state index contributed by atoms with van der Waals surface area (Å²) in [5, 5.41) is 4.39. The van der Waals surface area contributed by atoms with E-state index in [4.69, 9.17) is 0 Å². The Labute approximate surface area is 254 Å². The summed E-state index contributed by atoms with van der Waals surface area (Å²) in [5.41, 5.74) is 0.381. The molecule has 1 amide bonds. The van der Waals surface area contributed by atoms with Gasteiger partial charge in [0.25, 0.3) is 5.92 Å². The molecule has 1 aliphatic heterocycles. The number of alkyl halides is 5. The van der Waals surface area contributed by atoms with E-state index >= 15 is 0 Å². The van der Waals surface area contributed by atoms with E-state index in [1.165, 1.54) is 42.5 Å². The number of anilines is 1. The summed E-state index contributed by atoms with van der Waals surface area (Å²) in [6.07, 6.45) is -3.65. The molecule has 2 aromatic carbocycles. The van der Waals surface area contributed by atoms with Gasteiger partial charge in [-0.2, -0.15) is 4.31 Å². The Bertz CT molecular complexity index is 1700. The molecule has 234 valence electrons. The number of piperazine rings is 1. The van der Waals surface area contributed by atoms with Crippen molar-refractivity contribution in [3.63, 3.8) is 0 Å². The maximum Gasteiger partial charge on any atom is 0.573 e. The molecule has 0 bridgehead atoms. The highest BCUT2D eigenvalue weighted by Crippen LogP contribution is 2.34. The molecule has 0 aliphatic carbocycles. The fourth-order valence-electron chi connectivity index (χ4n) is 4.81. The lowest BCUT2D eigenvalue weighted by atomic mass is 10.0. The van der Waals surface area contributed by atoms with E-state index in [1.54, 1.807) is 12.3 Å². The maximum absolute atomic E-state index is 14.0. The van der Waals surface area contributed by atoms with Gasteiger partial charge in [0.1, 0.15) is 16.6 Å². The smallest absolute Gasteiger partial charge is 0.406 e. The van der Waals surface area contributed by atoms with Crippen molar-refractivity contribution in [2.75, 3.05) is 24.5 Å². The number of pyridine rings is 1. The average Bonchev–Trinajstić information content (AvgIpc) is 3.44. The SMILES string of the molecule is CCC(F)(F)c1ccc(CNC(=O)[C@H]2CN(c3cc4cccnc4s3)CCN2S(=O)(=O)c2ccc(OC(F)(F)F)cc2)cc1. The van der Waals surface area contributed by atoms with Gasteiger partial charge in [-0.25, -0.2) is 22.2 Å². The van der Waals surface area contributed by atoms with Crippen molar-refractivity contribution < 1.29 is 39.9 Å². The minimum absolute atomic E-state index is 0.0190. The van der Waals surface area contributed by atoms with Crippen LogP contribution in [-0.2, 0) is 27.3 Å².